The van der Waals surface area contributed by atoms with Gasteiger partial charge in [0.05, 0.1) is 6.10 Å². The molecule has 4 aliphatic rings. The second-order valence-electron chi connectivity index (χ2n) is 9.61. The van der Waals surface area contributed by atoms with Gasteiger partial charge < -0.3 is 10.8 Å². The van der Waals surface area contributed by atoms with Crippen molar-refractivity contribution in [2.75, 3.05) is 0 Å². The SMILES string of the molecule is C[C@]12CCC3C(CC[C@H]4CC(O)CC[C@]34C)C1CC/C2=N/NC(N)=S. The fourth-order valence-corrected chi connectivity index (χ4v) is 7.38. The van der Waals surface area contributed by atoms with Crippen molar-refractivity contribution in [1.29, 1.82) is 0 Å². The molecule has 4 aliphatic carbocycles. The van der Waals surface area contributed by atoms with Crippen molar-refractivity contribution >= 4 is 23.0 Å². The van der Waals surface area contributed by atoms with E-state index in [4.69, 9.17) is 18.0 Å². The largest absolute Gasteiger partial charge is 0.393 e. The Labute approximate surface area is 157 Å². The highest BCUT2D eigenvalue weighted by atomic mass is 32.1. The average Bonchev–Trinajstić information content (AvgIpc) is 2.90. The summed E-state index contributed by atoms with van der Waals surface area (Å²) in [4.78, 5) is 0. The van der Waals surface area contributed by atoms with Crippen LogP contribution in [0, 0.1) is 34.5 Å². The number of hydrogen-bond acceptors (Lipinski definition) is 3. The molecule has 0 saturated heterocycles. The molecule has 4 unspecified atom stereocenters. The fraction of sp³-hybridized carbons (Fsp3) is 0.900. The molecule has 0 bridgehead atoms. The quantitative estimate of drug-likeness (QED) is 0.492. The van der Waals surface area contributed by atoms with E-state index >= 15 is 0 Å². The van der Waals surface area contributed by atoms with Crippen LogP contribution in [0.1, 0.15) is 71.6 Å². The van der Waals surface area contributed by atoms with Crippen molar-refractivity contribution in [2.45, 2.75) is 77.7 Å². The molecule has 7 atom stereocenters. The summed E-state index contributed by atoms with van der Waals surface area (Å²) in [5.41, 5.74) is 10.4. The molecule has 0 aromatic heterocycles. The molecular weight excluding hydrogens is 330 g/mol. The van der Waals surface area contributed by atoms with Gasteiger partial charge in [0.2, 0.25) is 0 Å². The molecule has 0 aromatic carbocycles. The number of hydrogen-bond donors (Lipinski definition) is 3. The van der Waals surface area contributed by atoms with Gasteiger partial charge in [0, 0.05) is 11.1 Å². The molecule has 5 heteroatoms. The summed E-state index contributed by atoms with van der Waals surface area (Å²) in [7, 11) is 0. The van der Waals surface area contributed by atoms with Gasteiger partial charge in [-0.2, -0.15) is 5.10 Å². The minimum absolute atomic E-state index is 0.0557. The number of nitrogens with zero attached hydrogens (tertiary/aromatic N) is 1. The van der Waals surface area contributed by atoms with Crippen LogP contribution in [0.2, 0.25) is 0 Å². The van der Waals surface area contributed by atoms with E-state index in [9.17, 15) is 5.11 Å². The lowest BCUT2D eigenvalue weighted by atomic mass is 9.45. The summed E-state index contributed by atoms with van der Waals surface area (Å²) >= 11 is 4.93. The van der Waals surface area contributed by atoms with Gasteiger partial charge in [-0.3, -0.25) is 5.43 Å². The summed E-state index contributed by atoms with van der Waals surface area (Å²) in [5.74, 6) is 3.14. The Morgan fingerprint density at radius 3 is 2.72 bits per heavy atom. The Morgan fingerprint density at radius 1 is 1.16 bits per heavy atom. The molecule has 4 saturated carbocycles. The molecule has 4 rings (SSSR count). The van der Waals surface area contributed by atoms with E-state index in [-0.39, 0.29) is 16.6 Å². The first-order valence-corrected chi connectivity index (χ1v) is 10.6. The Bertz CT molecular complexity index is 593. The van der Waals surface area contributed by atoms with Crippen molar-refractivity contribution in [2.24, 2.45) is 45.3 Å². The number of nitrogens with one attached hydrogen (secondary N) is 1. The monoisotopic (exact) mass is 363 g/mol. The van der Waals surface area contributed by atoms with Crippen molar-refractivity contribution < 1.29 is 5.11 Å². The third-order valence-electron chi connectivity index (χ3n) is 8.68. The highest BCUT2D eigenvalue weighted by molar-refractivity contribution is 7.80. The molecule has 25 heavy (non-hydrogen) atoms. The van der Waals surface area contributed by atoms with E-state index in [2.05, 4.69) is 24.4 Å². The molecule has 0 spiro atoms. The van der Waals surface area contributed by atoms with Crippen LogP contribution >= 0.6 is 12.2 Å². The number of aliphatic hydroxyl groups excluding tert-OH is 1. The van der Waals surface area contributed by atoms with Crippen LogP contribution in [0.25, 0.3) is 0 Å². The second-order valence-corrected chi connectivity index (χ2v) is 10.1. The predicted molar refractivity (Wildman–Crippen MR) is 105 cm³/mol. The van der Waals surface area contributed by atoms with Gasteiger partial charge in [0.15, 0.2) is 5.11 Å². The van der Waals surface area contributed by atoms with Crippen molar-refractivity contribution in [3.63, 3.8) is 0 Å². The maximum absolute atomic E-state index is 10.1. The Balaban J connectivity index is 1.58. The minimum Gasteiger partial charge on any atom is -0.393 e. The van der Waals surface area contributed by atoms with Crippen LogP contribution < -0.4 is 11.2 Å². The van der Waals surface area contributed by atoms with E-state index in [0.29, 0.717) is 5.41 Å². The molecule has 0 aromatic rings. The molecule has 140 valence electrons. The molecule has 4 N–H and O–H groups in total. The lowest BCUT2D eigenvalue weighted by Gasteiger charge is -2.60. The van der Waals surface area contributed by atoms with E-state index < -0.39 is 0 Å². The summed E-state index contributed by atoms with van der Waals surface area (Å²) in [6, 6.07) is 0. The summed E-state index contributed by atoms with van der Waals surface area (Å²) in [6.45, 7) is 4.97. The van der Waals surface area contributed by atoms with Crippen LogP contribution in [0.15, 0.2) is 5.10 Å². The first-order valence-electron chi connectivity index (χ1n) is 10.1. The van der Waals surface area contributed by atoms with Gasteiger partial charge in [-0.25, -0.2) is 0 Å². The molecule has 4 nitrogen and oxygen atoms in total. The molecule has 0 radical (unpaired) electrons. The maximum atomic E-state index is 10.1. The van der Waals surface area contributed by atoms with Crippen LogP contribution in [-0.4, -0.2) is 22.0 Å². The number of thiocarbonyl (C=S) groups is 1. The second kappa shape index (κ2) is 6.19. The predicted octanol–water partition coefficient (Wildman–Crippen LogP) is 3.58. The number of hydrazone groups is 1. The van der Waals surface area contributed by atoms with Crippen LogP contribution in [0.4, 0.5) is 0 Å². The number of aliphatic hydroxyl groups is 1. The summed E-state index contributed by atoms with van der Waals surface area (Å²) in [6.07, 6.45) is 10.7. The van der Waals surface area contributed by atoms with Gasteiger partial charge in [0.1, 0.15) is 0 Å². The molecule has 0 heterocycles. The molecule has 0 amide bonds. The minimum atomic E-state index is -0.0557. The lowest BCUT2D eigenvalue weighted by Crippen LogP contribution is -2.54. The Hall–Kier alpha value is -0.680. The topological polar surface area (TPSA) is 70.6 Å². The highest BCUT2D eigenvalue weighted by Crippen LogP contribution is 2.65. The maximum Gasteiger partial charge on any atom is 0.184 e. The Morgan fingerprint density at radius 2 is 1.96 bits per heavy atom. The lowest BCUT2D eigenvalue weighted by molar-refractivity contribution is -0.113. The fourth-order valence-electron chi connectivity index (χ4n) is 7.33. The average molecular weight is 364 g/mol. The first kappa shape index (κ1) is 17.7. The standard InChI is InChI=1S/C20H33N3OS/c1-19-9-7-13(24)11-12(19)3-4-14-15-5-6-17(22-23-18(21)25)20(15,2)10-8-16(14)19/h12-16,24H,3-11H2,1-2H3,(H3,21,23,25)/b22-17-/t12-,13?,14?,15?,16?,19-,20-/m0/s1. The zero-order chi connectivity index (χ0) is 17.8. The van der Waals surface area contributed by atoms with E-state index in [1.165, 1.54) is 44.2 Å². The van der Waals surface area contributed by atoms with Crippen molar-refractivity contribution in [1.82, 2.24) is 5.43 Å². The highest BCUT2D eigenvalue weighted by Gasteiger charge is 2.59. The Kier molecular flexibility index (Phi) is 4.39. The number of rotatable bonds is 1. The zero-order valence-electron chi connectivity index (χ0n) is 15.6. The van der Waals surface area contributed by atoms with Gasteiger partial charge in [-0.15, -0.1) is 0 Å². The summed E-state index contributed by atoms with van der Waals surface area (Å²) in [5, 5.41) is 15.0. The number of nitrogens with two attached hydrogens (primary N) is 1. The van der Waals surface area contributed by atoms with Crippen LogP contribution in [0.5, 0.6) is 0 Å². The third kappa shape index (κ3) is 2.73. The molecular formula is C20H33N3OS. The number of fused-ring (bicyclic) bond motifs is 5. The van der Waals surface area contributed by atoms with Gasteiger partial charge in [-0.1, -0.05) is 13.8 Å². The smallest absolute Gasteiger partial charge is 0.184 e. The van der Waals surface area contributed by atoms with E-state index in [1.807, 2.05) is 0 Å². The van der Waals surface area contributed by atoms with Crippen molar-refractivity contribution in [3.8, 4) is 0 Å². The first-order chi connectivity index (χ1) is 11.8. The third-order valence-corrected chi connectivity index (χ3v) is 8.77. The van der Waals surface area contributed by atoms with Crippen LogP contribution in [-0.2, 0) is 0 Å². The van der Waals surface area contributed by atoms with E-state index in [1.54, 1.807) is 0 Å². The zero-order valence-corrected chi connectivity index (χ0v) is 16.4. The van der Waals surface area contributed by atoms with Crippen molar-refractivity contribution in [3.05, 3.63) is 0 Å². The van der Waals surface area contributed by atoms with E-state index in [0.717, 1.165) is 42.9 Å². The molecule has 4 fully saturated rings. The van der Waals surface area contributed by atoms with Gasteiger partial charge in [0.25, 0.3) is 0 Å². The normalized spacial score (nSPS) is 50.7. The van der Waals surface area contributed by atoms with Gasteiger partial charge >= 0.3 is 0 Å². The summed E-state index contributed by atoms with van der Waals surface area (Å²) < 4.78 is 0. The van der Waals surface area contributed by atoms with Gasteiger partial charge in [-0.05, 0) is 99.1 Å². The molecule has 0 aliphatic heterocycles. The van der Waals surface area contributed by atoms with Crippen LogP contribution in [0.3, 0.4) is 0 Å².